The van der Waals surface area contributed by atoms with Crippen LogP contribution in [0.15, 0.2) is 0 Å². The minimum atomic E-state index is -0.626. The molecule has 110 valence electrons. The predicted molar refractivity (Wildman–Crippen MR) is 75.9 cm³/mol. The van der Waals surface area contributed by atoms with Crippen molar-refractivity contribution in [3.63, 3.8) is 0 Å². The Hall–Kier alpha value is -0.610. The van der Waals surface area contributed by atoms with Gasteiger partial charge in [0, 0.05) is 6.54 Å². The molecule has 0 aromatic heterocycles. The predicted octanol–water partition coefficient (Wildman–Crippen LogP) is 1.53. The van der Waals surface area contributed by atoms with Gasteiger partial charge in [0.1, 0.15) is 0 Å². The first-order chi connectivity index (χ1) is 9.02. The molecule has 1 aliphatic heterocycles. The lowest BCUT2D eigenvalue weighted by Gasteiger charge is -2.39. The Kier molecular flexibility index (Phi) is 4.85. The fourth-order valence-corrected chi connectivity index (χ4v) is 3.20. The van der Waals surface area contributed by atoms with Gasteiger partial charge in [0.2, 0.25) is 5.91 Å². The van der Waals surface area contributed by atoms with Crippen LogP contribution in [-0.2, 0) is 4.79 Å². The summed E-state index contributed by atoms with van der Waals surface area (Å²) in [5.41, 5.74) is -0.626. The Bertz CT molecular complexity index is 307. The molecule has 2 aliphatic rings. The van der Waals surface area contributed by atoms with Gasteiger partial charge >= 0.3 is 0 Å². The number of likely N-dealkylation sites (tertiary alicyclic amines) is 1. The molecule has 1 atom stereocenters. The van der Waals surface area contributed by atoms with Crippen LogP contribution < -0.4 is 5.32 Å². The maximum Gasteiger partial charge on any atom is 0.237 e. The van der Waals surface area contributed by atoms with Crippen LogP contribution in [0.3, 0.4) is 0 Å². The molecule has 4 heteroatoms. The Labute approximate surface area is 116 Å². The number of hydrogen-bond donors (Lipinski definition) is 2. The molecule has 0 unspecified atom stereocenters. The second kappa shape index (κ2) is 6.23. The van der Waals surface area contributed by atoms with E-state index in [0.717, 1.165) is 32.4 Å². The molecule has 2 N–H and O–H groups in total. The average molecular weight is 268 g/mol. The molecule has 0 bridgehead atoms. The molecule has 1 saturated heterocycles. The first-order valence-electron chi connectivity index (χ1n) is 7.76. The lowest BCUT2D eigenvalue weighted by molar-refractivity contribution is -0.130. The monoisotopic (exact) mass is 268 g/mol. The number of carbonyl (C=O) groups excluding carboxylic acids is 1. The van der Waals surface area contributed by atoms with E-state index in [9.17, 15) is 9.90 Å². The quantitative estimate of drug-likeness (QED) is 0.795. The molecule has 2 rings (SSSR count). The van der Waals surface area contributed by atoms with Gasteiger partial charge in [-0.2, -0.15) is 0 Å². The number of aliphatic hydroxyl groups is 1. The van der Waals surface area contributed by atoms with Crippen molar-refractivity contribution in [2.45, 2.75) is 64.0 Å². The van der Waals surface area contributed by atoms with E-state index in [2.05, 4.69) is 24.1 Å². The van der Waals surface area contributed by atoms with Crippen LogP contribution >= 0.6 is 0 Å². The van der Waals surface area contributed by atoms with Crippen LogP contribution in [0, 0.1) is 5.92 Å². The molecule has 1 aliphatic carbocycles. The fourth-order valence-electron chi connectivity index (χ4n) is 3.20. The zero-order valence-corrected chi connectivity index (χ0v) is 12.3. The Morgan fingerprint density at radius 3 is 2.32 bits per heavy atom. The van der Waals surface area contributed by atoms with E-state index in [1.54, 1.807) is 0 Å². The molecule has 2 fully saturated rings. The van der Waals surface area contributed by atoms with E-state index in [1.807, 2.05) is 0 Å². The Morgan fingerprint density at radius 1 is 1.21 bits per heavy atom. The van der Waals surface area contributed by atoms with Gasteiger partial charge in [-0.3, -0.25) is 9.69 Å². The van der Waals surface area contributed by atoms with Crippen molar-refractivity contribution >= 4 is 5.91 Å². The van der Waals surface area contributed by atoms with Crippen LogP contribution in [0.25, 0.3) is 0 Å². The van der Waals surface area contributed by atoms with Crippen molar-refractivity contribution in [2.24, 2.45) is 5.92 Å². The van der Waals surface area contributed by atoms with Crippen molar-refractivity contribution in [3.05, 3.63) is 0 Å². The van der Waals surface area contributed by atoms with Gasteiger partial charge < -0.3 is 10.4 Å². The largest absolute Gasteiger partial charge is 0.388 e. The van der Waals surface area contributed by atoms with Gasteiger partial charge in [0.05, 0.1) is 11.6 Å². The fraction of sp³-hybridized carbons (Fsp3) is 0.933. The van der Waals surface area contributed by atoms with Crippen molar-refractivity contribution in [1.82, 2.24) is 10.2 Å². The summed E-state index contributed by atoms with van der Waals surface area (Å²) in [5.74, 6) is 0.409. The minimum Gasteiger partial charge on any atom is -0.388 e. The van der Waals surface area contributed by atoms with E-state index in [4.69, 9.17) is 0 Å². The zero-order chi connectivity index (χ0) is 13.9. The summed E-state index contributed by atoms with van der Waals surface area (Å²) in [4.78, 5) is 14.7. The molecule has 0 spiro atoms. The smallest absolute Gasteiger partial charge is 0.237 e. The van der Waals surface area contributed by atoms with Crippen LogP contribution in [0.4, 0.5) is 0 Å². The molecule has 1 heterocycles. The first-order valence-corrected chi connectivity index (χ1v) is 7.76. The van der Waals surface area contributed by atoms with E-state index >= 15 is 0 Å². The van der Waals surface area contributed by atoms with E-state index in [0.29, 0.717) is 12.5 Å². The summed E-state index contributed by atoms with van der Waals surface area (Å²) in [6, 6.07) is -0.0380. The SMILES string of the molecule is CC(C)[C@@H](C(=O)NCC1(O)CCC1)N1CCCCC1. The number of carbonyl (C=O) groups is 1. The lowest BCUT2D eigenvalue weighted by Crippen LogP contribution is -2.55. The average Bonchev–Trinajstić information content (AvgIpc) is 2.35. The molecular formula is C15H28N2O2. The lowest BCUT2D eigenvalue weighted by atomic mass is 9.80. The number of piperidine rings is 1. The third-order valence-corrected chi connectivity index (χ3v) is 4.56. The third kappa shape index (κ3) is 3.69. The number of hydrogen-bond acceptors (Lipinski definition) is 3. The van der Waals surface area contributed by atoms with Crippen LogP contribution in [0.1, 0.15) is 52.4 Å². The molecule has 0 radical (unpaired) electrons. The van der Waals surface area contributed by atoms with Crippen molar-refractivity contribution < 1.29 is 9.90 Å². The summed E-state index contributed by atoms with van der Waals surface area (Å²) in [6.45, 7) is 6.69. The second-order valence-electron chi connectivity index (χ2n) is 6.58. The maximum absolute atomic E-state index is 12.4. The number of nitrogens with zero attached hydrogens (tertiary/aromatic N) is 1. The summed E-state index contributed by atoms with van der Waals surface area (Å²) in [6.07, 6.45) is 6.39. The van der Waals surface area contributed by atoms with Crippen LogP contribution in [0.5, 0.6) is 0 Å². The number of nitrogens with one attached hydrogen (secondary N) is 1. The van der Waals surface area contributed by atoms with Crippen molar-refractivity contribution in [1.29, 1.82) is 0 Å². The first kappa shape index (κ1) is 14.8. The molecule has 1 saturated carbocycles. The van der Waals surface area contributed by atoms with E-state index in [-0.39, 0.29) is 11.9 Å². The van der Waals surface area contributed by atoms with Gasteiger partial charge in [-0.25, -0.2) is 0 Å². The van der Waals surface area contributed by atoms with Crippen molar-refractivity contribution in [2.75, 3.05) is 19.6 Å². The minimum absolute atomic E-state index is 0.0380. The number of rotatable bonds is 5. The van der Waals surface area contributed by atoms with Gasteiger partial charge in [-0.05, 0) is 51.1 Å². The molecule has 1 amide bonds. The summed E-state index contributed by atoms with van der Waals surface area (Å²) in [7, 11) is 0. The highest BCUT2D eigenvalue weighted by Crippen LogP contribution is 2.30. The van der Waals surface area contributed by atoms with Crippen molar-refractivity contribution in [3.8, 4) is 0 Å². The molecule has 19 heavy (non-hydrogen) atoms. The standard InChI is InChI=1S/C15H28N2O2/c1-12(2)13(17-9-4-3-5-10-17)14(18)16-11-15(19)7-6-8-15/h12-13,19H,3-11H2,1-2H3,(H,16,18)/t13-/m0/s1. The Balaban J connectivity index is 1.88. The molecular weight excluding hydrogens is 240 g/mol. The molecule has 0 aromatic rings. The third-order valence-electron chi connectivity index (χ3n) is 4.56. The summed E-state index contributed by atoms with van der Waals surface area (Å²) < 4.78 is 0. The van der Waals surface area contributed by atoms with Crippen LogP contribution in [0.2, 0.25) is 0 Å². The number of amides is 1. The van der Waals surface area contributed by atoms with E-state index in [1.165, 1.54) is 19.3 Å². The zero-order valence-electron chi connectivity index (χ0n) is 12.3. The van der Waals surface area contributed by atoms with Gasteiger partial charge in [-0.1, -0.05) is 20.3 Å². The van der Waals surface area contributed by atoms with Crippen LogP contribution in [-0.4, -0.2) is 47.2 Å². The molecule has 4 nitrogen and oxygen atoms in total. The van der Waals surface area contributed by atoms with Gasteiger partial charge in [-0.15, -0.1) is 0 Å². The summed E-state index contributed by atoms with van der Waals surface area (Å²) >= 11 is 0. The highest BCUT2D eigenvalue weighted by Gasteiger charge is 2.36. The Morgan fingerprint density at radius 2 is 1.84 bits per heavy atom. The highest BCUT2D eigenvalue weighted by molar-refractivity contribution is 5.82. The molecule has 0 aromatic carbocycles. The van der Waals surface area contributed by atoms with E-state index < -0.39 is 5.60 Å². The highest BCUT2D eigenvalue weighted by atomic mass is 16.3. The van der Waals surface area contributed by atoms with Gasteiger partial charge in [0.15, 0.2) is 0 Å². The normalized spacial score (nSPS) is 24.8. The topological polar surface area (TPSA) is 52.6 Å². The second-order valence-corrected chi connectivity index (χ2v) is 6.58. The summed E-state index contributed by atoms with van der Waals surface area (Å²) in [5, 5.41) is 13.0. The maximum atomic E-state index is 12.4. The van der Waals surface area contributed by atoms with Gasteiger partial charge in [0.25, 0.3) is 0 Å².